The van der Waals surface area contributed by atoms with Crippen molar-refractivity contribution in [3.05, 3.63) is 29.8 Å². The van der Waals surface area contributed by atoms with Crippen LogP contribution in [-0.4, -0.2) is 29.9 Å². The van der Waals surface area contributed by atoms with Gasteiger partial charge in [0.15, 0.2) is 0 Å². The molecule has 0 bridgehead atoms. The molecule has 2 atom stereocenters. The Morgan fingerprint density at radius 1 is 1.33 bits per heavy atom. The summed E-state index contributed by atoms with van der Waals surface area (Å²) < 4.78 is 0. The molecule has 0 spiro atoms. The van der Waals surface area contributed by atoms with Crippen LogP contribution in [0.3, 0.4) is 0 Å². The van der Waals surface area contributed by atoms with Crippen molar-refractivity contribution in [1.82, 2.24) is 4.90 Å². The van der Waals surface area contributed by atoms with Crippen molar-refractivity contribution in [2.24, 2.45) is 11.8 Å². The van der Waals surface area contributed by atoms with Gasteiger partial charge in [0.05, 0.1) is 11.6 Å². The molecule has 0 aromatic heterocycles. The fraction of sp³-hybridized carbons (Fsp3) is 0.533. The van der Waals surface area contributed by atoms with Gasteiger partial charge in [-0.1, -0.05) is 26.0 Å². The van der Waals surface area contributed by atoms with Crippen molar-refractivity contribution >= 4 is 11.6 Å². The molecular formula is C15H20N2O. The molecule has 0 saturated carbocycles. The molecule has 1 aromatic carbocycles. The second-order valence-corrected chi connectivity index (χ2v) is 5.69. The van der Waals surface area contributed by atoms with Gasteiger partial charge in [0, 0.05) is 18.8 Å². The van der Waals surface area contributed by atoms with Gasteiger partial charge in [-0.3, -0.25) is 4.79 Å². The lowest BCUT2D eigenvalue weighted by molar-refractivity contribution is 0.0725. The Hall–Kier alpha value is -1.51. The number of para-hydroxylation sites is 1. The SMILES string of the molecule is CC(C)C1CCN2C(=O)c3ccccc3NC[C@H]12. The van der Waals surface area contributed by atoms with Crippen molar-refractivity contribution in [3.63, 3.8) is 0 Å². The molecule has 0 radical (unpaired) electrons. The van der Waals surface area contributed by atoms with Crippen molar-refractivity contribution < 1.29 is 4.79 Å². The molecule has 2 heterocycles. The smallest absolute Gasteiger partial charge is 0.256 e. The summed E-state index contributed by atoms with van der Waals surface area (Å²) in [6.07, 6.45) is 1.14. The van der Waals surface area contributed by atoms with Gasteiger partial charge in [0.25, 0.3) is 5.91 Å². The molecule has 2 aliphatic heterocycles. The lowest BCUT2D eigenvalue weighted by Gasteiger charge is -2.28. The molecule has 3 rings (SSSR count). The minimum atomic E-state index is 0.198. The summed E-state index contributed by atoms with van der Waals surface area (Å²) in [5, 5.41) is 3.45. The highest BCUT2D eigenvalue weighted by Crippen LogP contribution is 2.34. The number of carbonyl (C=O) groups excluding carboxylic acids is 1. The van der Waals surface area contributed by atoms with Gasteiger partial charge in [-0.15, -0.1) is 0 Å². The Morgan fingerprint density at radius 2 is 2.11 bits per heavy atom. The Morgan fingerprint density at radius 3 is 2.89 bits per heavy atom. The maximum absolute atomic E-state index is 12.6. The zero-order chi connectivity index (χ0) is 12.7. The van der Waals surface area contributed by atoms with E-state index in [1.54, 1.807) is 0 Å². The predicted octanol–water partition coefficient (Wildman–Crippen LogP) is 2.60. The van der Waals surface area contributed by atoms with Crippen LogP contribution in [0.1, 0.15) is 30.6 Å². The van der Waals surface area contributed by atoms with Gasteiger partial charge in [-0.25, -0.2) is 0 Å². The molecule has 96 valence electrons. The summed E-state index contributed by atoms with van der Waals surface area (Å²) in [6, 6.07) is 8.20. The van der Waals surface area contributed by atoms with Gasteiger partial charge < -0.3 is 10.2 Å². The average Bonchev–Trinajstić information content (AvgIpc) is 2.74. The molecule has 3 heteroatoms. The molecule has 1 N–H and O–H groups in total. The van der Waals surface area contributed by atoms with E-state index in [0.717, 1.165) is 30.8 Å². The van der Waals surface area contributed by atoms with Crippen LogP contribution in [0.2, 0.25) is 0 Å². The highest BCUT2D eigenvalue weighted by atomic mass is 16.2. The summed E-state index contributed by atoms with van der Waals surface area (Å²) in [5.41, 5.74) is 1.81. The molecule has 1 unspecified atom stereocenters. The van der Waals surface area contributed by atoms with E-state index in [9.17, 15) is 4.79 Å². The number of hydrogen-bond acceptors (Lipinski definition) is 2. The fourth-order valence-electron chi connectivity index (χ4n) is 3.36. The van der Waals surface area contributed by atoms with Crippen molar-refractivity contribution in [3.8, 4) is 0 Å². The highest BCUT2D eigenvalue weighted by molar-refractivity contribution is 6.00. The van der Waals surface area contributed by atoms with Gasteiger partial charge in [-0.05, 0) is 30.4 Å². The third-order valence-electron chi connectivity index (χ3n) is 4.37. The lowest BCUT2D eigenvalue weighted by atomic mass is 9.88. The standard InChI is InChI=1S/C15H20N2O/c1-10(2)11-7-8-17-14(11)9-16-13-6-4-3-5-12(13)15(17)18/h3-6,10-11,14,16H,7-9H2,1-2H3/t11?,14-/m1/s1. The van der Waals surface area contributed by atoms with E-state index in [2.05, 4.69) is 24.1 Å². The van der Waals surface area contributed by atoms with Crippen LogP contribution in [0.4, 0.5) is 5.69 Å². The van der Waals surface area contributed by atoms with Crippen LogP contribution < -0.4 is 5.32 Å². The van der Waals surface area contributed by atoms with Gasteiger partial charge >= 0.3 is 0 Å². The van der Waals surface area contributed by atoms with E-state index in [-0.39, 0.29) is 5.91 Å². The number of amides is 1. The molecule has 1 amide bonds. The van der Waals surface area contributed by atoms with E-state index in [1.807, 2.05) is 24.3 Å². The molecular weight excluding hydrogens is 224 g/mol. The predicted molar refractivity (Wildman–Crippen MR) is 72.7 cm³/mol. The zero-order valence-corrected chi connectivity index (χ0v) is 11.0. The third-order valence-corrected chi connectivity index (χ3v) is 4.37. The average molecular weight is 244 g/mol. The summed E-state index contributed by atoms with van der Waals surface area (Å²) in [6.45, 7) is 6.31. The number of rotatable bonds is 1. The van der Waals surface area contributed by atoms with Crippen LogP contribution in [0, 0.1) is 11.8 Å². The quantitative estimate of drug-likeness (QED) is 0.823. The second kappa shape index (κ2) is 4.30. The number of anilines is 1. The van der Waals surface area contributed by atoms with Crippen LogP contribution in [-0.2, 0) is 0 Å². The van der Waals surface area contributed by atoms with Gasteiger partial charge in [0.2, 0.25) is 0 Å². The third kappa shape index (κ3) is 1.69. The molecule has 1 saturated heterocycles. The largest absolute Gasteiger partial charge is 0.382 e. The normalized spacial score (nSPS) is 26.6. The Bertz CT molecular complexity index is 469. The maximum Gasteiger partial charge on any atom is 0.256 e. The monoisotopic (exact) mass is 244 g/mol. The topological polar surface area (TPSA) is 32.3 Å². The first-order valence-corrected chi connectivity index (χ1v) is 6.82. The van der Waals surface area contributed by atoms with Crippen molar-refractivity contribution in [2.45, 2.75) is 26.3 Å². The summed E-state index contributed by atoms with van der Waals surface area (Å²) >= 11 is 0. The van der Waals surface area contributed by atoms with E-state index in [4.69, 9.17) is 0 Å². The number of nitrogens with one attached hydrogen (secondary N) is 1. The Balaban J connectivity index is 1.95. The van der Waals surface area contributed by atoms with E-state index < -0.39 is 0 Å². The first-order chi connectivity index (χ1) is 8.68. The van der Waals surface area contributed by atoms with Crippen LogP contribution in [0.5, 0.6) is 0 Å². The number of hydrogen-bond donors (Lipinski definition) is 1. The Labute approximate surface area is 108 Å². The Kier molecular flexibility index (Phi) is 2.77. The molecule has 3 nitrogen and oxygen atoms in total. The van der Waals surface area contributed by atoms with Crippen molar-refractivity contribution in [2.75, 3.05) is 18.4 Å². The fourth-order valence-corrected chi connectivity index (χ4v) is 3.36. The minimum absolute atomic E-state index is 0.198. The summed E-state index contributed by atoms with van der Waals surface area (Å²) in [5.74, 6) is 1.45. The summed E-state index contributed by atoms with van der Waals surface area (Å²) in [7, 11) is 0. The number of benzene rings is 1. The van der Waals surface area contributed by atoms with E-state index >= 15 is 0 Å². The zero-order valence-electron chi connectivity index (χ0n) is 11.0. The molecule has 2 aliphatic rings. The van der Waals surface area contributed by atoms with E-state index in [0.29, 0.717) is 17.9 Å². The highest BCUT2D eigenvalue weighted by Gasteiger charge is 2.40. The number of carbonyl (C=O) groups is 1. The van der Waals surface area contributed by atoms with Crippen LogP contribution in [0.15, 0.2) is 24.3 Å². The molecule has 18 heavy (non-hydrogen) atoms. The van der Waals surface area contributed by atoms with Crippen molar-refractivity contribution in [1.29, 1.82) is 0 Å². The summed E-state index contributed by atoms with van der Waals surface area (Å²) in [4.78, 5) is 14.6. The van der Waals surface area contributed by atoms with Crippen LogP contribution in [0.25, 0.3) is 0 Å². The van der Waals surface area contributed by atoms with E-state index in [1.165, 1.54) is 0 Å². The first-order valence-electron chi connectivity index (χ1n) is 6.82. The molecule has 1 fully saturated rings. The van der Waals surface area contributed by atoms with Gasteiger partial charge in [0.1, 0.15) is 0 Å². The second-order valence-electron chi connectivity index (χ2n) is 5.69. The van der Waals surface area contributed by atoms with Crippen LogP contribution >= 0.6 is 0 Å². The maximum atomic E-state index is 12.6. The molecule has 0 aliphatic carbocycles. The molecule has 1 aromatic rings. The number of fused-ring (bicyclic) bond motifs is 2. The number of nitrogens with zero attached hydrogens (tertiary/aromatic N) is 1. The first kappa shape index (κ1) is 11.6. The minimum Gasteiger partial charge on any atom is -0.382 e. The lowest BCUT2D eigenvalue weighted by Crippen LogP contribution is -2.41. The van der Waals surface area contributed by atoms with Gasteiger partial charge in [-0.2, -0.15) is 0 Å².